The van der Waals surface area contributed by atoms with Crippen LogP contribution in [-0.4, -0.2) is 12.5 Å². The van der Waals surface area contributed by atoms with Crippen LogP contribution in [0.2, 0.25) is 0 Å². The van der Waals surface area contributed by atoms with E-state index in [0.717, 1.165) is 15.2 Å². The van der Waals surface area contributed by atoms with Crippen LogP contribution in [0.1, 0.15) is 22.8 Å². The summed E-state index contributed by atoms with van der Waals surface area (Å²) in [5, 5.41) is 2.81. The van der Waals surface area contributed by atoms with Crippen LogP contribution in [-0.2, 0) is 4.84 Å². The van der Waals surface area contributed by atoms with Crippen LogP contribution < -0.4 is 10.8 Å². The molecular weight excluding hydrogens is 441 g/mol. The molecule has 0 saturated heterocycles. The predicted molar refractivity (Wildman–Crippen MR) is 102 cm³/mol. The van der Waals surface area contributed by atoms with E-state index in [-0.39, 0.29) is 17.9 Å². The molecule has 1 amide bonds. The molecule has 0 radical (unpaired) electrons. The fourth-order valence-corrected chi connectivity index (χ4v) is 2.72. The fraction of sp³-hybridized carbons (Fsp3) is 0.167. The third-order valence-electron chi connectivity index (χ3n) is 3.37. The molecule has 0 aliphatic rings. The maximum atomic E-state index is 14.3. The van der Waals surface area contributed by atoms with Gasteiger partial charge in [0.2, 0.25) is 0 Å². The Balaban J connectivity index is 2.32. The van der Waals surface area contributed by atoms with Gasteiger partial charge in [-0.15, -0.1) is 0 Å². The van der Waals surface area contributed by atoms with E-state index < -0.39 is 17.5 Å². The summed E-state index contributed by atoms with van der Waals surface area (Å²) in [5.41, 5.74) is 3.33. The average molecular weight is 458 g/mol. The van der Waals surface area contributed by atoms with Gasteiger partial charge in [0.15, 0.2) is 11.6 Å². The number of halogens is 3. The maximum Gasteiger partial charge on any atom is 0.277 e. The van der Waals surface area contributed by atoms with E-state index in [1.165, 1.54) is 6.07 Å². The standard InChI is InChI=1S/C18H17F2IN2O2/c1-3-4-9-25-23-18(24)13-6-7-14(19)16(20)17(13)22-15-8-5-12(21)10-11(15)2/h3-8,10,22H,9H2,1-2H3,(H,23,24). The van der Waals surface area contributed by atoms with Crippen molar-refractivity contribution in [3.63, 3.8) is 0 Å². The Morgan fingerprint density at radius 1 is 1.28 bits per heavy atom. The highest BCUT2D eigenvalue weighted by molar-refractivity contribution is 14.1. The number of hydroxylamine groups is 1. The Bertz CT molecular complexity index is 810. The van der Waals surface area contributed by atoms with E-state index in [0.29, 0.717) is 5.69 Å². The van der Waals surface area contributed by atoms with E-state index in [4.69, 9.17) is 4.84 Å². The van der Waals surface area contributed by atoms with E-state index in [1.54, 1.807) is 18.2 Å². The molecule has 0 spiro atoms. The molecular formula is C18H17F2IN2O2. The molecule has 0 bridgehead atoms. The van der Waals surface area contributed by atoms with Crippen LogP contribution in [0.3, 0.4) is 0 Å². The number of amides is 1. The Hall–Kier alpha value is -2.00. The van der Waals surface area contributed by atoms with Gasteiger partial charge in [-0.25, -0.2) is 14.3 Å². The van der Waals surface area contributed by atoms with Crippen LogP contribution in [0, 0.1) is 22.1 Å². The first-order valence-electron chi connectivity index (χ1n) is 7.48. The number of carbonyl (C=O) groups excluding carboxylic acids is 1. The van der Waals surface area contributed by atoms with Crippen molar-refractivity contribution in [1.82, 2.24) is 5.48 Å². The zero-order chi connectivity index (χ0) is 18.4. The fourth-order valence-electron chi connectivity index (χ4n) is 2.07. The topological polar surface area (TPSA) is 50.4 Å². The molecule has 0 atom stereocenters. The molecule has 0 aliphatic heterocycles. The number of benzene rings is 2. The second kappa shape index (κ2) is 8.91. The zero-order valence-electron chi connectivity index (χ0n) is 13.7. The highest BCUT2D eigenvalue weighted by Gasteiger charge is 2.19. The van der Waals surface area contributed by atoms with Crippen LogP contribution in [0.4, 0.5) is 20.2 Å². The van der Waals surface area contributed by atoms with Crippen molar-refractivity contribution in [1.29, 1.82) is 0 Å². The smallest absolute Gasteiger partial charge is 0.277 e. The SMILES string of the molecule is CC=CCONC(=O)c1ccc(F)c(F)c1Nc1ccc(I)cc1C. The van der Waals surface area contributed by atoms with Crippen molar-refractivity contribution in [3.05, 3.63) is 68.8 Å². The van der Waals surface area contributed by atoms with Crippen molar-refractivity contribution in [2.45, 2.75) is 13.8 Å². The van der Waals surface area contributed by atoms with Crippen molar-refractivity contribution < 1.29 is 18.4 Å². The molecule has 2 N–H and O–H groups in total. The Kier molecular flexibility index (Phi) is 6.89. The Morgan fingerprint density at radius 3 is 2.72 bits per heavy atom. The van der Waals surface area contributed by atoms with Crippen molar-refractivity contribution in [3.8, 4) is 0 Å². The lowest BCUT2D eigenvalue weighted by Crippen LogP contribution is -2.25. The van der Waals surface area contributed by atoms with Gasteiger partial charge in [0.1, 0.15) is 0 Å². The monoisotopic (exact) mass is 458 g/mol. The third-order valence-corrected chi connectivity index (χ3v) is 4.04. The number of aryl methyl sites for hydroxylation is 1. The van der Waals surface area contributed by atoms with Crippen LogP contribution in [0.15, 0.2) is 42.5 Å². The minimum atomic E-state index is -1.13. The lowest BCUT2D eigenvalue weighted by Gasteiger charge is -2.15. The Morgan fingerprint density at radius 2 is 2.04 bits per heavy atom. The largest absolute Gasteiger partial charge is 0.352 e. The molecule has 0 fully saturated rings. The lowest BCUT2D eigenvalue weighted by molar-refractivity contribution is 0.0421. The number of hydrogen-bond donors (Lipinski definition) is 2. The zero-order valence-corrected chi connectivity index (χ0v) is 15.9. The molecule has 0 unspecified atom stereocenters. The summed E-state index contributed by atoms with van der Waals surface area (Å²) >= 11 is 2.16. The van der Waals surface area contributed by atoms with E-state index in [2.05, 4.69) is 33.4 Å². The molecule has 0 saturated carbocycles. The Labute approximate surface area is 158 Å². The molecule has 0 aromatic heterocycles. The first-order chi connectivity index (χ1) is 11.9. The quantitative estimate of drug-likeness (QED) is 0.282. The summed E-state index contributed by atoms with van der Waals surface area (Å²) in [7, 11) is 0. The maximum absolute atomic E-state index is 14.3. The number of allylic oxidation sites excluding steroid dienone is 1. The number of hydrogen-bond acceptors (Lipinski definition) is 3. The highest BCUT2D eigenvalue weighted by atomic mass is 127. The minimum Gasteiger partial charge on any atom is -0.352 e. The summed E-state index contributed by atoms with van der Waals surface area (Å²) in [5.74, 6) is -2.84. The second-order valence-corrected chi connectivity index (χ2v) is 6.43. The molecule has 132 valence electrons. The number of carbonyl (C=O) groups is 1. The van der Waals surface area contributed by atoms with Crippen LogP contribution in [0.5, 0.6) is 0 Å². The van der Waals surface area contributed by atoms with Crippen LogP contribution >= 0.6 is 22.6 Å². The van der Waals surface area contributed by atoms with Crippen molar-refractivity contribution in [2.75, 3.05) is 11.9 Å². The van der Waals surface area contributed by atoms with Gasteiger partial charge in [-0.05, 0) is 72.3 Å². The number of nitrogens with one attached hydrogen (secondary N) is 2. The first kappa shape index (κ1) is 19.3. The average Bonchev–Trinajstić information content (AvgIpc) is 2.58. The van der Waals surface area contributed by atoms with Gasteiger partial charge < -0.3 is 5.32 Å². The second-order valence-electron chi connectivity index (χ2n) is 5.18. The van der Waals surface area contributed by atoms with Gasteiger partial charge in [0.05, 0.1) is 17.9 Å². The summed E-state index contributed by atoms with van der Waals surface area (Å²) in [6.45, 7) is 3.82. The normalized spacial score (nSPS) is 10.9. The molecule has 2 aromatic carbocycles. The predicted octanol–water partition coefficient (Wildman–Crippen LogP) is 4.86. The molecule has 2 rings (SSSR count). The van der Waals surface area contributed by atoms with Crippen molar-refractivity contribution >= 4 is 39.9 Å². The van der Waals surface area contributed by atoms with E-state index in [9.17, 15) is 13.6 Å². The van der Waals surface area contributed by atoms with Gasteiger partial charge in [-0.2, -0.15) is 0 Å². The minimum absolute atomic E-state index is 0.0580. The van der Waals surface area contributed by atoms with Crippen molar-refractivity contribution in [2.24, 2.45) is 0 Å². The first-order valence-corrected chi connectivity index (χ1v) is 8.56. The van der Waals surface area contributed by atoms with Gasteiger partial charge in [0.25, 0.3) is 5.91 Å². The molecule has 0 aliphatic carbocycles. The van der Waals surface area contributed by atoms with Gasteiger partial charge >= 0.3 is 0 Å². The van der Waals surface area contributed by atoms with E-state index >= 15 is 0 Å². The summed E-state index contributed by atoms with van der Waals surface area (Å²) < 4.78 is 29.0. The summed E-state index contributed by atoms with van der Waals surface area (Å²) in [4.78, 5) is 17.2. The number of rotatable bonds is 6. The van der Waals surface area contributed by atoms with Crippen LogP contribution in [0.25, 0.3) is 0 Å². The summed E-state index contributed by atoms with van der Waals surface area (Å²) in [6.07, 6.45) is 3.45. The number of anilines is 2. The lowest BCUT2D eigenvalue weighted by atomic mass is 10.1. The molecule has 25 heavy (non-hydrogen) atoms. The third kappa shape index (κ3) is 4.99. The van der Waals surface area contributed by atoms with Gasteiger partial charge in [0, 0.05) is 9.26 Å². The molecule has 0 heterocycles. The van der Waals surface area contributed by atoms with Gasteiger partial charge in [-0.1, -0.05) is 12.2 Å². The molecule has 7 heteroatoms. The summed E-state index contributed by atoms with van der Waals surface area (Å²) in [6, 6.07) is 7.57. The highest BCUT2D eigenvalue weighted by Crippen LogP contribution is 2.28. The molecule has 2 aromatic rings. The molecule has 4 nitrogen and oxygen atoms in total. The van der Waals surface area contributed by atoms with E-state index in [1.807, 2.05) is 26.0 Å². The van der Waals surface area contributed by atoms with Gasteiger partial charge in [-0.3, -0.25) is 9.63 Å².